The van der Waals surface area contributed by atoms with Gasteiger partial charge in [0.2, 0.25) is 0 Å². The summed E-state index contributed by atoms with van der Waals surface area (Å²) in [5.74, 6) is 2.88. The number of benzene rings is 1. The zero-order valence-corrected chi connectivity index (χ0v) is 14.2. The Balaban J connectivity index is 1.72. The lowest BCUT2D eigenvalue weighted by molar-refractivity contribution is 0.237. The van der Waals surface area contributed by atoms with E-state index >= 15 is 0 Å². The van der Waals surface area contributed by atoms with Crippen LogP contribution in [-0.2, 0) is 20.1 Å². The summed E-state index contributed by atoms with van der Waals surface area (Å²) in [6.45, 7) is 4.97. The Kier molecular flexibility index (Phi) is 4.40. The average molecular weight is 349 g/mol. The predicted octanol–water partition coefficient (Wildman–Crippen LogP) is 3.30. The summed E-state index contributed by atoms with van der Waals surface area (Å²) >= 11 is 3.55. The molecule has 1 fully saturated rings. The second-order valence-electron chi connectivity index (χ2n) is 5.97. The molecule has 1 saturated carbocycles. The van der Waals surface area contributed by atoms with E-state index in [-0.39, 0.29) is 0 Å². The number of aryl methyl sites for hydroxylation is 1. The highest BCUT2D eigenvalue weighted by Gasteiger charge is 2.25. The van der Waals surface area contributed by atoms with Gasteiger partial charge in [-0.1, -0.05) is 28.1 Å². The van der Waals surface area contributed by atoms with E-state index in [0.29, 0.717) is 0 Å². The summed E-state index contributed by atoms with van der Waals surface area (Å²) in [5, 5.41) is 8.47. The molecule has 0 aliphatic heterocycles. The number of halogens is 1. The second-order valence-corrected chi connectivity index (χ2v) is 6.88. The van der Waals surface area contributed by atoms with Crippen LogP contribution in [0.2, 0.25) is 0 Å². The lowest BCUT2D eigenvalue weighted by Crippen LogP contribution is -2.26. The zero-order chi connectivity index (χ0) is 14.8. The molecule has 3 rings (SSSR count). The first-order valence-electron chi connectivity index (χ1n) is 7.43. The van der Waals surface area contributed by atoms with Gasteiger partial charge in [-0.3, -0.25) is 4.90 Å². The first-order chi connectivity index (χ1) is 10.1. The van der Waals surface area contributed by atoms with Crippen LogP contribution in [0.1, 0.15) is 30.1 Å². The normalized spacial score (nSPS) is 14.9. The summed E-state index contributed by atoms with van der Waals surface area (Å²) in [5.41, 5.74) is 1.34. The van der Waals surface area contributed by atoms with E-state index in [9.17, 15) is 0 Å². The largest absolute Gasteiger partial charge is 0.317 e. The summed E-state index contributed by atoms with van der Waals surface area (Å²) < 4.78 is 3.22. The Labute approximate surface area is 134 Å². The average Bonchev–Trinajstić information content (AvgIpc) is 3.20. The molecule has 0 amide bonds. The van der Waals surface area contributed by atoms with Crippen molar-refractivity contribution in [3.63, 3.8) is 0 Å². The molecule has 21 heavy (non-hydrogen) atoms. The molecule has 1 aliphatic rings. The van der Waals surface area contributed by atoms with Crippen LogP contribution >= 0.6 is 15.9 Å². The third-order valence-electron chi connectivity index (χ3n) is 4.06. The Morgan fingerprint density at radius 3 is 2.71 bits per heavy atom. The van der Waals surface area contributed by atoms with Gasteiger partial charge in [0.15, 0.2) is 0 Å². The number of rotatable bonds is 6. The lowest BCUT2D eigenvalue weighted by Gasteiger charge is -2.22. The van der Waals surface area contributed by atoms with E-state index in [2.05, 4.69) is 59.9 Å². The van der Waals surface area contributed by atoms with Crippen LogP contribution in [0.25, 0.3) is 0 Å². The predicted molar refractivity (Wildman–Crippen MR) is 86.7 cm³/mol. The third-order valence-corrected chi connectivity index (χ3v) is 4.55. The van der Waals surface area contributed by atoms with E-state index in [4.69, 9.17) is 0 Å². The number of hydrogen-bond acceptors (Lipinski definition) is 3. The lowest BCUT2D eigenvalue weighted by atomic mass is 10.2. The molecule has 112 valence electrons. The monoisotopic (exact) mass is 348 g/mol. The minimum absolute atomic E-state index is 0.861. The van der Waals surface area contributed by atoms with Crippen molar-refractivity contribution in [1.82, 2.24) is 19.7 Å². The van der Waals surface area contributed by atoms with Gasteiger partial charge in [0.1, 0.15) is 11.6 Å². The van der Waals surface area contributed by atoms with Crippen LogP contribution in [0.4, 0.5) is 0 Å². The van der Waals surface area contributed by atoms with Gasteiger partial charge in [-0.05, 0) is 43.4 Å². The maximum atomic E-state index is 4.30. The fourth-order valence-corrected chi connectivity index (χ4v) is 2.98. The first-order valence-corrected chi connectivity index (χ1v) is 8.23. The summed E-state index contributed by atoms with van der Waals surface area (Å²) in [6, 6.07) is 8.55. The van der Waals surface area contributed by atoms with Crippen molar-refractivity contribution in [2.24, 2.45) is 13.0 Å². The Morgan fingerprint density at radius 1 is 1.29 bits per heavy atom. The topological polar surface area (TPSA) is 34.0 Å². The van der Waals surface area contributed by atoms with Crippen molar-refractivity contribution >= 4 is 15.9 Å². The standard InChI is InChI=1S/C16H21BrN4/c1-12-18-19-16(20(12)2)11-21(9-13-6-7-13)10-14-4-3-5-15(17)8-14/h3-5,8,13H,6-7,9-11H2,1-2H3. The molecule has 1 aliphatic carbocycles. The summed E-state index contributed by atoms with van der Waals surface area (Å²) in [4.78, 5) is 2.49. The van der Waals surface area contributed by atoms with Crippen LogP contribution < -0.4 is 0 Å². The maximum absolute atomic E-state index is 4.30. The first kappa shape index (κ1) is 14.7. The van der Waals surface area contributed by atoms with E-state index in [1.807, 2.05) is 14.0 Å². The van der Waals surface area contributed by atoms with Gasteiger partial charge in [-0.15, -0.1) is 10.2 Å². The summed E-state index contributed by atoms with van der Waals surface area (Å²) in [7, 11) is 2.04. The van der Waals surface area contributed by atoms with Crippen LogP contribution in [0, 0.1) is 12.8 Å². The van der Waals surface area contributed by atoms with Crippen LogP contribution in [0.5, 0.6) is 0 Å². The van der Waals surface area contributed by atoms with E-state index < -0.39 is 0 Å². The fourth-order valence-electron chi connectivity index (χ4n) is 2.53. The molecule has 0 radical (unpaired) electrons. The summed E-state index contributed by atoms with van der Waals surface area (Å²) in [6.07, 6.45) is 2.74. The second kappa shape index (κ2) is 6.28. The van der Waals surface area contributed by atoms with Gasteiger partial charge in [-0.2, -0.15) is 0 Å². The number of aromatic nitrogens is 3. The zero-order valence-electron chi connectivity index (χ0n) is 12.6. The van der Waals surface area contributed by atoms with Crippen molar-refractivity contribution in [2.45, 2.75) is 32.9 Å². The maximum Gasteiger partial charge on any atom is 0.146 e. The highest BCUT2D eigenvalue weighted by molar-refractivity contribution is 9.10. The van der Waals surface area contributed by atoms with Crippen LogP contribution in [0.3, 0.4) is 0 Å². The number of hydrogen-bond donors (Lipinski definition) is 0. The van der Waals surface area contributed by atoms with Crippen molar-refractivity contribution < 1.29 is 0 Å². The fraction of sp³-hybridized carbons (Fsp3) is 0.500. The molecule has 1 aromatic heterocycles. The van der Waals surface area contributed by atoms with Gasteiger partial charge >= 0.3 is 0 Å². The minimum atomic E-state index is 0.861. The molecule has 2 aromatic rings. The Hall–Kier alpha value is -1.20. The minimum Gasteiger partial charge on any atom is -0.317 e. The van der Waals surface area contributed by atoms with Crippen molar-refractivity contribution in [1.29, 1.82) is 0 Å². The van der Waals surface area contributed by atoms with Gasteiger partial charge in [-0.25, -0.2) is 0 Å². The highest BCUT2D eigenvalue weighted by Crippen LogP contribution is 2.30. The molecular weight excluding hydrogens is 328 g/mol. The molecular formula is C16H21BrN4. The molecule has 1 heterocycles. The van der Waals surface area contributed by atoms with Gasteiger partial charge in [0.05, 0.1) is 6.54 Å². The van der Waals surface area contributed by atoms with Gasteiger partial charge in [0, 0.05) is 24.6 Å². The number of nitrogens with zero attached hydrogens (tertiary/aromatic N) is 4. The molecule has 0 spiro atoms. The van der Waals surface area contributed by atoms with Crippen molar-refractivity contribution in [3.8, 4) is 0 Å². The van der Waals surface area contributed by atoms with E-state index in [1.165, 1.54) is 18.4 Å². The molecule has 0 N–H and O–H groups in total. The molecule has 0 atom stereocenters. The SMILES string of the molecule is Cc1nnc(CN(Cc2cccc(Br)c2)CC2CC2)n1C. The van der Waals surface area contributed by atoms with E-state index in [0.717, 1.165) is 41.7 Å². The Bertz CT molecular complexity index is 618. The molecule has 0 saturated heterocycles. The molecule has 0 unspecified atom stereocenters. The highest BCUT2D eigenvalue weighted by atomic mass is 79.9. The van der Waals surface area contributed by atoms with E-state index in [1.54, 1.807) is 0 Å². The molecule has 5 heteroatoms. The van der Waals surface area contributed by atoms with Crippen LogP contribution in [-0.4, -0.2) is 26.2 Å². The molecule has 0 bridgehead atoms. The molecule has 1 aromatic carbocycles. The van der Waals surface area contributed by atoms with Gasteiger partial charge in [0.25, 0.3) is 0 Å². The molecule has 4 nitrogen and oxygen atoms in total. The smallest absolute Gasteiger partial charge is 0.146 e. The quantitative estimate of drug-likeness (QED) is 0.803. The van der Waals surface area contributed by atoms with Gasteiger partial charge < -0.3 is 4.57 Å². The van der Waals surface area contributed by atoms with Crippen molar-refractivity contribution in [3.05, 3.63) is 46.0 Å². The van der Waals surface area contributed by atoms with Crippen LogP contribution in [0.15, 0.2) is 28.7 Å². The Morgan fingerprint density at radius 2 is 2.10 bits per heavy atom. The van der Waals surface area contributed by atoms with Crippen molar-refractivity contribution in [2.75, 3.05) is 6.54 Å². The third kappa shape index (κ3) is 3.92.